The van der Waals surface area contributed by atoms with Gasteiger partial charge >= 0.3 is 0 Å². The van der Waals surface area contributed by atoms with E-state index in [4.69, 9.17) is 15.2 Å². The molecule has 1 aliphatic rings. The summed E-state index contributed by atoms with van der Waals surface area (Å²) in [5.41, 5.74) is 6.32. The summed E-state index contributed by atoms with van der Waals surface area (Å²) in [6, 6.07) is 5.24. The minimum absolute atomic E-state index is 0.198. The zero-order chi connectivity index (χ0) is 14.0. The molecule has 7 heteroatoms. The van der Waals surface area contributed by atoms with E-state index in [1.54, 1.807) is 18.2 Å². The van der Waals surface area contributed by atoms with Crippen LogP contribution in [0.5, 0.6) is 11.5 Å². The third kappa shape index (κ3) is 2.99. The van der Waals surface area contributed by atoms with Gasteiger partial charge < -0.3 is 20.3 Å². The fourth-order valence-electron chi connectivity index (χ4n) is 2.08. The van der Waals surface area contributed by atoms with Gasteiger partial charge in [0.05, 0.1) is 18.6 Å². The summed E-state index contributed by atoms with van der Waals surface area (Å²) in [6.07, 6.45) is -1.81. The van der Waals surface area contributed by atoms with Gasteiger partial charge in [-0.15, -0.1) is 0 Å². The number of benzene rings is 1. The molecule has 0 spiro atoms. The van der Waals surface area contributed by atoms with Crippen LogP contribution < -0.4 is 15.2 Å². The first-order valence-corrected chi connectivity index (χ1v) is 7.70. The first kappa shape index (κ1) is 14.1. The van der Waals surface area contributed by atoms with E-state index in [1.165, 1.54) is 7.11 Å². The molecule has 0 radical (unpaired) electrons. The van der Waals surface area contributed by atoms with Crippen molar-refractivity contribution in [1.82, 2.24) is 0 Å². The number of hydrogen-bond acceptors (Lipinski definition) is 6. The molecule has 0 bridgehead atoms. The van der Waals surface area contributed by atoms with Crippen molar-refractivity contribution in [2.24, 2.45) is 5.73 Å². The van der Waals surface area contributed by atoms with Crippen LogP contribution in [-0.4, -0.2) is 44.3 Å². The zero-order valence-corrected chi connectivity index (χ0v) is 11.4. The predicted octanol–water partition coefficient (Wildman–Crippen LogP) is -0.309. The fourth-order valence-corrected chi connectivity index (χ4v) is 3.74. The number of sulfone groups is 1. The Morgan fingerprint density at radius 3 is 2.68 bits per heavy atom. The molecule has 1 aliphatic heterocycles. The lowest BCUT2D eigenvalue weighted by atomic mass is 10.1. The van der Waals surface area contributed by atoms with Gasteiger partial charge in [-0.3, -0.25) is 0 Å². The van der Waals surface area contributed by atoms with E-state index in [2.05, 4.69) is 0 Å². The number of rotatable bonds is 4. The first-order valence-electron chi connectivity index (χ1n) is 5.88. The summed E-state index contributed by atoms with van der Waals surface area (Å²) in [6.45, 7) is 0.238. The zero-order valence-electron chi connectivity index (χ0n) is 10.6. The Kier molecular flexibility index (Phi) is 3.98. The highest BCUT2D eigenvalue weighted by atomic mass is 32.2. The first-order chi connectivity index (χ1) is 8.96. The maximum Gasteiger partial charge on any atom is 0.166 e. The van der Waals surface area contributed by atoms with Crippen LogP contribution in [0.1, 0.15) is 5.56 Å². The van der Waals surface area contributed by atoms with Crippen molar-refractivity contribution in [2.45, 2.75) is 18.8 Å². The van der Waals surface area contributed by atoms with Crippen molar-refractivity contribution in [3.63, 3.8) is 0 Å². The van der Waals surface area contributed by atoms with Crippen molar-refractivity contribution in [3.05, 3.63) is 23.8 Å². The van der Waals surface area contributed by atoms with E-state index in [0.717, 1.165) is 0 Å². The molecule has 0 saturated carbocycles. The largest absolute Gasteiger partial charge is 0.493 e. The molecule has 6 nitrogen and oxygen atoms in total. The Labute approximate surface area is 112 Å². The molecular weight excluding hydrogens is 270 g/mol. The quantitative estimate of drug-likeness (QED) is 0.788. The molecule has 1 saturated heterocycles. The standard InChI is InChI=1S/C12H17NO5S/c1-17-10-4-2-3-8(5-13)12(10)18-11-7-19(15,16)6-9(11)14/h2-4,9,11,14H,5-7,13H2,1H3. The van der Waals surface area contributed by atoms with Crippen LogP contribution in [0.15, 0.2) is 18.2 Å². The molecule has 2 atom stereocenters. The molecule has 2 rings (SSSR count). The Morgan fingerprint density at radius 1 is 1.42 bits per heavy atom. The highest BCUT2D eigenvalue weighted by Gasteiger charge is 2.38. The van der Waals surface area contributed by atoms with Crippen molar-refractivity contribution in [1.29, 1.82) is 0 Å². The van der Waals surface area contributed by atoms with Crippen LogP contribution in [0.3, 0.4) is 0 Å². The second-order valence-electron chi connectivity index (χ2n) is 4.45. The number of aliphatic hydroxyl groups excluding tert-OH is 1. The maximum absolute atomic E-state index is 11.5. The van der Waals surface area contributed by atoms with Crippen LogP contribution in [0.4, 0.5) is 0 Å². The van der Waals surface area contributed by atoms with Crippen molar-refractivity contribution in [2.75, 3.05) is 18.6 Å². The summed E-state index contributed by atoms with van der Waals surface area (Å²) in [5, 5.41) is 9.74. The van der Waals surface area contributed by atoms with Gasteiger partial charge in [0, 0.05) is 12.1 Å². The van der Waals surface area contributed by atoms with Gasteiger partial charge in [0.2, 0.25) is 0 Å². The summed E-state index contributed by atoms with van der Waals surface area (Å²) in [4.78, 5) is 0. The van der Waals surface area contributed by atoms with Crippen LogP contribution in [0, 0.1) is 0 Å². The number of methoxy groups -OCH3 is 1. The topological polar surface area (TPSA) is 98.9 Å². The predicted molar refractivity (Wildman–Crippen MR) is 70.0 cm³/mol. The molecule has 19 heavy (non-hydrogen) atoms. The van der Waals surface area contributed by atoms with Gasteiger partial charge in [0.25, 0.3) is 0 Å². The molecule has 0 aliphatic carbocycles. The number of ether oxygens (including phenoxy) is 2. The molecule has 0 amide bonds. The van der Waals surface area contributed by atoms with E-state index < -0.39 is 22.0 Å². The highest BCUT2D eigenvalue weighted by Crippen LogP contribution is 2.33. The number of hydrogen-bond donors (Lipinski definition) is 2. The average molecular weight is 287 g/mol. The Bertz CT molecular complexity index is 535. The lowest BCUT2D eigenvalue weighted by Crippen LogP contribution is -2.30. The van der Waals surface area contributed by atoms with E-state index in [1.807, 2.05) is 0 Å². The summed E-state index contributed by atoms with van der Waals surface area (Å²) >= 11 is 0. The molecule has 0 aromatic heterocycles. The third-order valence-corrected chi connectivity index (χ3v) is 4.73. The Balaban J connectivity index is 2.28. The number of aliphatic hydroxyl groups is 1. The van der Waals surface area contributed by atoms with E-state index in [0.29, 0.717) is 17.1 Å². The van der Waals surface area contributed by atoms with Crippen LogP contribution >= 0.6 is 0 Å². The van der Waals surface area contributed by atoms with Gasteiger partial charge in [-0.1, -0.05) is 12.1 Å². The van der Waals surface area contributed by atoms with Crippen molar-refractivity contribution >= 4 is 9.84 Å². The molecule has 1 fully saturated rings. The molecule has 1 aromatic rings. The van der Waals surface area contributed by atoms with Gasteiger partial charge in [0.1, 0.15) is 12.2 Å². The molecule has 2 unspecified atom stereocenters. The lowest BCUT2D eigenvalue weighted by molar-refractivity contribution is 0.0711. The minimum Gasteiger partial charge on any atom is -0.493 e. The van der Waals surface area contributed by atoms with Gasteiger partial charge in [-0.05, 0) is 6.07 Å². The number of nitrogens with two attached hydrogens (primary N) is 1. The third-order valence-electron chi connectivity index (χ3n) is 3.04. The van der Waals surface area contributed by atoms with Gasteiger partial charge in [0.15, 0.2) is 21.3 Å². The summed E-state index contributed by atoms with van der Waals surface area (Å²) < 4.78 is 33.7. The highest BCUT2D eigenvalue weighted by molar-refractivity contribution is 7.91. The number of para-hydroxylation sites is 1. The molecule has 1 heterocycles. The fraction of sp³-hybridized carbons (Fsp3) is 0.500. The summed E-state index contributed by atoms with van der Waals surface area (Å²) in [5.74, 6) is 0.397. The summed E-state index contributed by atoms with van der Waals surface area (Å²) in [7, 11) is -1.76. The Hall–Kier alpha value is -1.31. The maximum atomic E-state index is 11.5. The molecule has 106 valence electrons. The second kappa shape index (κ2) is 5.36. The normalized spacial score (nSPS) is 25.2. The van der Waals surface area contributed by atoms with Crippen molar-refractivity contribution < 1.29 is 23.0 Å². The second-order valence-corrected chi connectivity index (χ2v) is 6.61. The molecule has 1 aromatic carbocycles. The SMILES string of the molecule is COc1cccc(CN)c1OC1CS(=O)(=O)CC1O. The van der Waals surface area contributed by atoms with Gasteiger partial charge in [-0.25, -0.2) is 8.42 Å². The van der Waals surface area contributed by atoms with E-state index >= 15 is 0 Å². The van der Waals surface area contributed by atoms with Crippen LogP contribution in [-0.2, 0) is 16.4 Å². The van der Waals surface area contributed by atoms with Crippen molar-refractivity contribution in [3.8, 4) is 11.5 Å². The molecular formula is C12H17NO5S. The smallest absolute Gasteiger partial charge is 0.166 e. The molecule has 3 N–H and O–H groups in total. The van der Waals surface area contributed by atoms with Crippen LogP contribution in [0.25, 0.3) is 0 Å². The minimum atomic E-state index is -3.25. The Morgan fingerprint density at radius 2 is 2.16 bits per heavy atom. The average Bonchev–Trinajstić information content (AvgIpc) is 2.62. The monoisotopic (exact) mass is 287 g/mol. The lowest BCUT2D eigenvalue weighted by Gasteiger charge is -2.20. The van der Waals surface area contributed by atoms with E-state index in [9.17, 15) is 13.5 Å². The van der Waals surface area contributed by atoms with Crippen LogP contribution in [0.2, 0.25) is 0 Å². The van der Waals surface area contributed by atoms with E-state index in [-0.39, 0.29) is 18.1 Å². The van der Waals surface area contributed by atoms with Gasteiger partial charge in [-0.2, -0.15) is 0 Å².